The minimum Gasteiger partial charge on any atom is -0.418 e. The molecule has 6 heteroatoms. The summed E-state index contributed by atoms with van der Waals surface area (Å²) in [7, 11) is -6.00. The zero-order valence-electron chi connectivity index (χ0n) is 21.7. The third kappa shape index (κ3) is 4.77. The maximum Gasteiger partial charge on any atom is 0.673 e. The average Bonchev–Trinajstić information content (AvgIpc) is 2.96. The summed E-state index contributed by atoms with van der Waals surface area (Å²) in [5.74, 6) is 0. The van der Waals surface area contributed by atoms with Crippen molar-refractivity contribution in [3.63, 3.8) is 0 Å². The highest BCUT2D eigenvalue weighted by Crippen LogP contribution is 2.41. The quantitative estimate of drug-likeness (QED) is 0.0685. The predicted molar refractivity (Wildman–Crippen MR) is 158 cm³/mol. The van der Waals surface area contributed by atoms with Gasteiger partial charge in [0, 0.05) is 29.8 Å². The van der Waals surface area contributed by atoms with Crippen LogP contribution in [0.5, 0.6) is 0 Å². The fraction of sp³-hybridized carbons (Fsp3) is 0.0294. The second-order valence-electron chi connectivity index (χ2n) is 9.77. The van der Waals surface area contributed by atoms with Crippen LogP contribution in [0.2, 0.25) is 0 Å². The van der Waals surface area contributed by atoms with E-state index in [0.717, 1.165) is 0 Å². The van der Waals surface area contributed by atoms with E-state index in [1.54, 1.807) is 0 Å². The van der Waals surface area contributed by atoms with Crippen LogP contribution in [0.1, 0.15) is 5.56 Å². The van der Waals surface area contributed by atoms with Crippen LogP contribution >= 0.6 is 0 Å². The standard InChI is InChI=1S/C34H24N.BF4/c1-23-15-17-26(18-16-23)32-33-28-13-7-5-9-24(28)19-21-30(33)35(27-11-3-2-4-12-27)31-22-20-25-10-6-8-14-29(25)34(31)32;2-1(3,4)5/h2-22H,1H3;/q+1;-1. The first-order valence-electron chi connectivity index (χ1n) is 13.0. The lowest BCUT2D eigenvalue weighted by molar-refractivity contribution is -0.537. The molecule has 0 saturated carbocycles. The molecule has 0 radical (unpaired) electrons. The van der Waals surface area contributed by atoms with E-state index in [1.165, 1.54) is 65.7 Å². The smallest absolute Gasteiger partial charge is 0.418 e. The maximum atomic E-state index is 9.75. The number of hydrogen-bond donors (Lipinski definition) is 0. The molecule has 0 fully saturated rings. The Morgan fingerprint density at radius 1 is 0.500 bits per heavy atom. The van der Waals surface area contributed by atoms with Gasteiger partial charge in [-0.05, 0) is 46.2 Å². The molecule has 0 aliphatic heterocycles. The Hall–Kier alpha value is -4.71. The molecule has 0 amide bonds. The van der Waals surface area contributed by atoms with Crippen LogP contribution in [-0.2, 0) is 0 Å². The molecule has 0 atom stereocenters. The normalized spacial score (nSPS) is 11.6. The molecule has 7 aromatic rings. The second-order valence-corrected chi connectivity index (χ2v) is 9.77. The Kier molecular flexibility index (Phi) is 6.47. The maximum absolute atomic E-state index is 9.75. The summed E-state index contributed by atoms with van der Waals surface area (Å²) < 4.78 is 41.4. The Labute approximate surface area is 229 Å². The first kappa shape index (κ1) is 25.6. The summed E-state index contributed by atoms with van der Waals surface area (Å²) in [4.78, 5) is 0. The summed E-state index contributed by atoms with van der Waals surface area (Å²) in [5, 5.41) is 7.65. The fourth-order valence-electron chi connectivity index (χ4n) is 5.54. The number of hydrogen-bond acceptors (Lipinski definition) is 0. The number of fused-ring (bicyclic) bond motifs is 6. The summed E-state index contributed by atoms with van der Waals surface area (Å²) in [6.45, 7) is 2.15. The van der Waals surface area contributed by atoms with Crippen molar-refractivity contribution in [3.05, 3.63) is 133 Å². The molecule has 0 spiro atoms. The molecule has 1 nitrogen and oxygen atoms in total. The van der Waals surface area contributed by atoms with Crippen LogP contribution < -0.4 is 4.57 Å². The van der Waals surface area contributed by atoms with Crippen LogP contribution in [0.15, 0.2) is 127 Å². The van der Waals surface area contributed by atoms with Crippen LogP contribution in [0.4, 0.5) is 17.3 Å². The molecule has 0 saturated heterocycles. The molecule has 0 N–H and O–H groups in total. The first-order valence-corrected chi connectivity index (χ1v) is 13.0. The topological polar surface area (TPSA) is 3.88 Å². The number of halogens is 4. The van der Waals surface area contributed by atoms with Crippen molar-refractivity contribution in [1.82, 2.24) is 0 Å². The van der Waals surface area contributed by atoms with Gasteiger partial charge in [-0.3, -0.25) is 0 Å². The lowest BCUT2D eigenvalue weighted by atomic mass is 9.89. The van der Waals surface area contributed by atoms with E-state index in [0.29, 0.717) is 0 Å². The van der Waals surface area contributed by atoms with Gasteiger partial charge in [-0.25, -0.2) is 0 Å². The van der Waals surface area contributed by atoms with Crippen molar-refractivity contribution in [3.8, 4) is 16.8 Å². The number of aromatic nitrogens is 1. The van der Waals surface area contributed by atoms with Crippen molar-refractivity contribution in [2.45, 2.75) is 6.92 Å². The average molecular weight is 533 g/mol. The van der Waals surface area contributed by atoms with Crippen LogP contribution in [0.25, 0.3) is 60.2 Å². The van der Waals surface area contributed by atoms with Crippen molar-refractivity contribution in [2.24, 2.45) is 0 Å². The Morgan fingerprint density at radius 3 is 1.45 bits per heavy atom. The zero-order chi connectivity index (χ0) is 27.9. The zero-order valence-corrected chi connectivity index (χ0v) is 21.7. The van der Waals surface area contributed by atoms with Gasteiger partial charge in [-0.2, -0.15) is 4.57 Å². The number of rotatable bonds is 2. The predicted octanol–water partition coefficient (Wildman–Crippen LogP) is 9.85. The Morgan fingerprint density at radius 2 is 0.950 bits per heavy atom. The molecular weight excluding hydrogens is 509 g/mol. The molecule has 0 aliphatic carbocycles. The van der Waals surface area contributed by atoms with Gasteiger partial charge < -0.3 is 17.3 Å². The third-order valence-electron chi connectivity index (χ3n) is 7.15. The highest BCUT2D eigenvalue weighted by molar-refractivity contribution is 6.50. The largest absolute Gasteiger partial charge is 0.673 e. The third-order valence-corrected chi connectivity index (χ3v) is 7.15. The minimum atomic E-state index is -6.00. The number of pyridine rings is 1. The lowest BCUT2D eigenvalue weighted by Gasteiger charge is -2.16. The van der Waals surface area contributed by atoms with E-state index in [-0.39, 0.29) is 0 Å². The summed E-state index contributed by atoms with van der Waals surface area (Å²) in [6.07, 6.45) is 0. The lowest BCUT2D eigenvalue weighted by Crippen LogP contribution is -2.33. The van der Waals surface area contributed by atoms with E-state index in [9.17, 15) is 17.3 Å². The molecule has 40 heavy (non-hydrogen) atoms. The van der Waals surface area contributed by atoms with Gasteiger partial charge in [-0.1, -0.05) is 96.6 Å². The second kappa shape index (κ2) is 10.1. The molecule has 6 aromatic carbocycles. The van der Waals surface area contributed by atoms with E-state index >= 15 is 0 Å². The van der Waals surface area contributed by atoms with Crippen LogP contribution in [0.3, 0.4) is 0 Å². The summed E-state index contributed by atoms with van der Waals surface area (Å²) in [5.41, 5.74) is 7.42. The number of benzene rings is 6. The van der Waals surface area contributed by atoms with Gasteiger partial charge in [-0.15, -0.1) is 0 Å². The number of aryl methyl sites for hydroxylation is 1. The number of para-hydroxylation sites is 1. The molecular formula is C34H24BF4N. The van der Waals surface area contributed by atoms with Gasteiger partial charge in [0.15, 0.2) is 0 Å². The first-order chi connectivity index (χ1) is 19.3. The highest BCUT2D eigenvalue weighted by Gasteiger charge is 2.26. The summed E-state index contributed by atoms with van der Waals surface area (Å²) in [6, 6.07) is 46.3. The van der Waals surface area contributed by atoms with Gasteiger partial charge in [0.25, 0.3) is 0 Å². The number of nitrogens with zero attached hydrogens (tertiary/aromatic N) is 1. The molecule has 7 rings (SSSR count). The van der Waals surface area contributed by atoms with E-state index < -0.39 is 7.25 Å². The van der Waals surface area contributed by atoms with Gasteiger partial charge in [0.1, 0.15) is 0 Å². The molecule has 196 valence electrons. The van der Waals surface area contributed by atoms with Crippen molar-refractivity contribution < 1.29 is 21.8 Å². The molecule has 1 aromatic heterocycles. The van der Waals surface area contributed by atoms with Crippen LogP contribution in [-0.4, -0.2) is 7.25 Å². The van der Waals surface area contributed by atoms with E-state index in [4.69, 9.17) is 0 Å². The molecule has 0 bridgehead atoms. The van der Waals surface area contributed by atoms with Gasteiger partial charge >= 0.3 is 7.25 Å². The molecule has 0 aliphatic rings. The van der Waals surface area contributed by atoms with Gasteiger partial charge in [0.2, 0.25) is 16.7 Å². The van der Waals surface area contributed by atoms with Crippen molar-refractivity contribution in [1.29, 1.82) is 0 Å². The van der Waals surface area contributed by atoms with Crippen LogP contribution in [0, 0.1) is 6.92 Å². The molecule has 1 heterocycles. The Bertz CT molecular complexity index is 1900. The van der Waals surface area contributed by atoms with E-state index in [2.05, 4.69) is 139 Å². The monoisotopic (exact) mass is 533 g/mol. The fourth-order valence-corrected chi connectivity index (χ4v) is 5.54. The van der Waals surface area contributed by atoms with Crippen molar-refractivity contribution >= 4 is 50.6 Å². The van der Waals surface area contributed by atoms with Crippen molar-refractivity contribution in [2.75, 3.05) is 0 Å². The van der Waals surface area contributed by atoms with E-state index in [1.807, 2.05) is 0 Å². The minimum absolute atomic E-state index is 1.17. The van der Waals surface area contributed by atoms with Gasteiger partial charge in [0.05, 0.1) is 10.8 Å². The SMILES string of the molecule is Cc1ccc(-c2c3c4ccccc4ccc3[n+](-c3ccccc3)c3ccc4ccccc4c23)cc1.F[B-](F)(F)F. The highest BCUT2D eigenvalue weighted by atomic mass is 19.5. The summed E-state index contributed by atoms with van der Waals surface area (Å²) >= 11 is 0. The Balaban J connectivity index is 0.000000534. The molecule has 0 unspecified atom stereocenters.